The maximum atomic E-state index is 13.5. The van der Waals surface area contributed by atoms with Gasteiger partial charge in [0.15, 0.2) is 6.61 Å². The SMILES string of the molecule is CC1NC(C(=O)N[C@@H]2C[C@H](NC(=O)COc3ccc(Cl)c(F)c3)C3CC2C3)SC1C. The molecule has 30 heavy (non-hydrogen) atoms. The predicted octanol–water partition coefficient (Wildman–Crippen LogP) is 2.70. The van der Waals surface area contributed by atoms with E-state index in [2.05, 4.69) is 29.8 Å². The maximum absolute atomic E-state index is 13.5. The summed E-state index contributed by atoms with van der Waals surface area (Å²) in [5.41, 5.74) is 0. The summed E-state index contributed by atoms with van der Waals surface area (Å²) in [5.74, 6) is 0.390. The number of amides is 2. The Morgan fingerprint density at radius 1 is 1.20 bits per heavy atom. The van der Waals surface area contributed by atoms with Crippen LogP contribution >= 0.6 is 23.4 Å². The third-order valence-electron chi connectivity index (χ3n) is 6.50. The Labute approximate surface area is 185 Å². The normalized spacial score (nSPS) is 34.7. The zero-order valence-corrected chi connectivity index (χ0v) is 18.6. The number of fused-ring (bicyclic) bond motifs is 2. The summed E-state index contributed by atoms with van der Waals surface area (Å²) in [4.78, 5) is 25.0. The van der Waals surface area contributed by atoms with Gasteiger partial charge < -0.3 is 15.4 Å². The molecule has 0 aromatic heterocycles. The predicted molar refractivity (Wildman–Crippen MR) is 115 cm³/mol. The minimum absolute atomic E-state index is 0.0109. The van der Waals surface area contributed by atoms with Gasteiger partial charge in [-0.25, -0.2) is 4.39 Å². The van der Waals surface area contributed by atoms with Gasteiger partial charge in [0.1, 0.15) is 16.9 Å². The molecule has 1 aromatic rings. The molecule has 3 saturated carbocycles. The zero-order valence-electron chi connectivity index (χ0n) is 17.0. The molecule has 3 aliphatic carbocycles. The zero-order chi connectivity index (χ0) is 21.4. The maximum Gasteiger partial charge on any atom is 0.258 e. The Morgan fingerprint density at radius 3 is 2.53 bits per heavy atom. The van der Waals surface area contributed by atoms with E-state index in [0.29, 0.717) is 23.1 Å². The number of hydrogen-bond acceptors (Lipinski definition) is 5. The highest BCUT2D eigenvalue weighted by Gasteiger charge is 2.47. The molecule has 9 heteroatoms. The average Bonchev–Trinajstić information content (AvgIpc) is 3.00. The largest absolute Gasteiger partial charge is 0.484 e. The van der Waals surface area contributed by atoms with E-state index in [1.54, 1.807) is 11.8 Å². The van der Waals surface area contributed by atoms with Crippen molar-refractivity contribution in [2.45, 2.75) is 61.9 Å². The first-order chi connectivity index (χ1) is 14.3. The van der Waals surface area contributed by atoms with Crippen LogP contribution in [-0.4, -0.2) is 47.2 Å². The Morgan fingerprint density at radius 2 is 1.90 bits per heavy atom. The van der Waals surface area contributed by atoms with Crippen LogP contribution in [0.25, 0.3) is 0 Å². The minimum atomic E-state index is -0.584. The van der Waals surface area contributed by atoms with Crippen LogP contribution < -0.4 is 20.7 Å². The van der Waals surface area contributed by atoms with Crippen LogP contribution in [-0.2, 0) is 9.59 Å². The summed E-state index contributed by atoms with van der Waals surface area (Å²) >= 11 is 7.31. The summed E-state index contributed by atoms with van der Waals surface area (Å²) < 4.78 is 18.9. The van der Waals surface area contributed by atoms with Crippen LogP contribution in [0.15, 0.2) is 18.2 Å². The third-order valence-corrected chi connectivity index (χ3v) is 8.27. The molecule has 164 valence electrons. The van der Waals surface area contributed by atoms with Crippen molar-refractivity contribution in [2.24, 2.45) is 11.8 Å². The molecule has 2 amide bonds. The van der Waals surface area contributed by atoms with E-state index in [1.165, 1.54) is 12.1 Å². The Balaban J connectivity index is 1.26. The molecule has 1 heterocycles. The summed E-state index contributed by atoms with van der Waals surface area (Å²) in [6, 6.07) is 4.48. The third kappa shape index (κ3) is 4.70. The van der Waals surface area contributed by atoms with Crippen LogP contribution in [0.5, 0.6) is 5.75 Å². The van der Waals surface area contributed by atoms with Gasteiger partial charge in [-0.15, -0.1) is 11.8 Å². The number of carbonyl (C=O) groups excluding carboxylic acids is 2. The molecular weight excluding hydrogens is 429 g/mol. The molecule has 1 aliphatic heterocycles. The second kappa shape index (κ2) is 8.93. The number of hydrogen-bond donors (Lipinski definition) is 3. The van der Waals surface area contributed by atoms with Gasteiger partial charge in [-0.2, -0.15) is 0 Å². The fraction of sp³-hybridized carbons (Fsp3) is 0.619. The molecule has 0 radical (unpaired) electrons. The quantitative estimate of drug-likeness (QED) is 0.614. The fourth-order valence-electron chi connectivity index (χ4n) is 4.48. The van der Waals surface area contributed by atoms with Crippen molar-refractivity contribution in [3.05, 3.63) is 29.0 Å². The highest BCUT2D eigenvalue weighted by atomic mass is 35.5. The monoisotopic (exact) mass is 455 g/mol. The Kier molecular flexibility index (Phi) is 6.46. The standard InChI is InChI=1S/C21H27ClFN3O3S/c1-10-11(2)30-21(24-10)20(28)26-18-8-17(12-5-13(18)6-12)25-19(27)9-29-14-3-4-15(22)16(23)7-14/h3-4,7,10-13,17-18,21,24H,5-6,8-9H2,1-2H3,(H,25,27)(H,26,28)/t10?,11?,12?,13?,17-,18+,21?/m0/s1. The number of nitrogens with one attached hydrogen (secondary N) is 3. The van der Waals surface area contributed by atoms with Crippen LogP contribution in [0.2, 0.25) is 5.02 Å². The molecule has 6 nitrogen and oxygen atoms in total. The van der Waals surface area contributed by atoms with Crippen molar-refractivity contribution >= 4 is 35.2 Å². The van der Waals surface area contributed by atoms with Crippen molar-refractivity contribution in [3.63, 3.8) is 0 Å². The van der Waals surface area contributed by atoms with Gasteiger partial charge in [0.2, 0.25) is 5.91 Å². The van der Waals surface area contributed by atoms with E-state index in [1.807, 2.05) is 0 Å². The summed E-state index contributed by atoms with van der Waals surface area (Å²) in [7, 11) is 0. The number of ether oxygens (including phenoxy) is 1. The molecule has 1 aromatic carbocycles. The van der Waals surface area contributed by atoms with Crippen LogP contribution in [0.1, 0.15) is 33.1 Å². The number of benzene rings is 1. The van der Waals surface area contributed by atoms with E-state index in [-0.39, 0.29) is 46.7 Å². The second-order valence-corrected chi connectivity index (χ2v) is 10.5. The molecule has 1 saturated heterocycles. The molecule has 0 spiro atoms. The minimum Gasteiger partial charge on any atom is -0.484 e. The van der Waals surface area contributed by atoms with Crippen molar-refractivity contribution < 1.29 is 18.7 Å². The van der Waals surface area contributed by atoms with Crippen molar-refractivity contribution in [1.82, 2.24) is 16.0 Å². The lowest BCUT2D eigenvalue weighted by atomic mass is 9.60. The fourth-order valence-corrected chi connectivity index (χ4v) is 5.83. The molecule has 4 fully saturated rings. The summed E-state index contributed by atoms with van der Waals surface area (Å²) in [6.45, 7) is 4.02. The molecule has 3 N–H and O–H groups in total. The smallest absolute Gasteiger partial charge is 0.258 e. The molecular formula is C21H27ClFN3O3S. The highest BCUT2D eigenvalue weighted by molar-refractivity contribution is 8.01. The number of halogens is 2. The van der Waals surface area contributed by atoms with E-state index < -0.39 is 5.82 Å². The molecule has 2 bridgehead atoms. The first-order valence-corrected chi connectivity index (χ1v) is 11.7. The summed E-state index contributed by atoms with van der Waals surface area (Å²) in [5, 5.41) is 9.77. The number of thioether (sulfide) groups is 1. The molecule has 3 unspecified atom stereocenters. The van der Waals surface area contributed by atoms with Crippen molar-refractivity contribution in [3.8, 4) is 5.75 Å². The lowest BCUT2D eigenvalue weighted by Crippen LogP contribution is -2.61. The van der Waals surface area contributed by atoms with E-state index in [0.717, 1.165) is 25.3 Å². The molecule has 5 rings (SSSR count). The average molecular weight is 456 g/mol. The number of rotatable bonds is 6. The van der Waals surface area contributed by atoms with Crippen LogP contribution in [0, 0.1) is 17.7 Å². The van der Waals surface area contributed by atoms with Crippen LogP contribution in [0.4, 0.5) is 4.39 Å². The topological polar surface area (TPSA) is 79.5 Å². The Bertz CT molecular complexity index is 813. The first kappa shape index (κ1) is 21.7. The van der Waals surface area contributed by atoms with Gasteiger partial charge in [-0.05, 0) is 50.2 Å². The van der Waals surface area contributed by atoms with E-state index in [9.17, 15) is 14.0 Å². The van der Waals surface area contributed by atoms with Gasteiger partial charge in [0.25, 0.3) is 5.91 Å². The highest BCUT2D eigenvalue weighted by Crippen LogP contribution is 2.46. The summed E-state index contributed by atoms with van der Waals surface area (Å²) in [6.07, 6.45) is 2.75. The molecule has 4 aliphatic rings. The van der Waals surface area contributed by atoms with E-state index >= 15 is 0 Å². The first-order valence-electron chi connectivity index (χ1n) is 10.4. The van der Waals surface area contributed by atoms with E-state index in [4.69, 9.17) is 16.3 Å². The van der Waals surface area contributed by atoms with Crippen LogP contribution in [0.3, 0.4) is 0 Å². The van der Waals surface area contributed by atoms with Gasteiger partial charge in [0, 0.05) is 29.4 Å². The van der Waals surface area contributed by atoms with Gasteiger partial charge in [-0.3, -0.25) is 14.9 Å². The van der Waals surface area contributed by atoms with Crippen molar-refractivity contribution in [1.29, 1.82) is 0 Å². The van der Waals surface area contributed by atoms with Crippen molar-refractivity contribution in [2.75, 3.05) is 6.61 Å². The van der Waals surface area contributed by atoms with Gasteiger partial charge in [0.05, 0.1) is 5.02 Å². The lowest BCUT2D eigenvalue weighted by Gasteiger charge is -2.51. The Hall–Kier alpha value is -1.51. The molecule has 5 atom stereocenters. The second-order valence-electron chi connectivity index (χ2n) is 8.56. The van der Waals surface area contributed by atoms with Gasteiger partial charge >= 0.3 is 0 Å². The van der Waals surface area contributed by atoms with Gasteiger partial charge in [-0.1, -0.05) is 18.5 Å². The number of carbonyl (C=O) groups is 2. The lowest BCUT2D eigenvalue weighted by molar-refractivity contribution is -0.126.